The minimum absolute atomic E-state index is 0.206. The normalized spacial score (nSPS) is 28.0. The van der Waals surface area contributed by atoms with Crippen molar-refractivity contribution in [3.63, 3.8) is 0 Å². The highest BCUT2D eigenvalue weighted by Crippen LogP contribution is 2.33. The number of methoxy groups -OCH3 is 1. The van der Waals surface area contributed by atoms with Crippen molar-refractivity contribution in [2.75, 3.05) is 53.0 Å². The number of likely N-dealkylation sites (tertiary alicyclic amines) is 3. The molecule has 8 nitrogen and oxygen atoms in total. The maximum Gasteiger partial charge on any atom is 0.409 e. The molecule has 0 saturated carbocycles. The second-order valence-corrected chi connectivity index (χ2v) is 8.63. The molecule has 3 aliphatic heterocycles. The zero-order valence-corrected chi connectivity index (χ0v) is 18.0. The Morgan fingerprint density at radius 3 is 2.59 bits per heavy atom. The van der Waals surface area contributed by atoms with Crippen molar-refractivity contribution in [3.8, 4) is 0 Å². The van der Waals surface area contributed by atoms with E-state index in [0.29, 0.717) is 64.7 Å². The molecule has 29 heavy (non-hydrogen) atoms. The van der Waals surface area contributed by atoms with Crippen molar-refractivity contribution in [2.24, 2.45) is 0 Å². The highest BCUT2D eigenvalue weighted by atomic mass is 16.6. The molecule has 0 spiro atoms. The lowest BCUT2D eigenvalue weighted by molar-refractivity contribution is -0.136. The number of carbonyl (C=O) groups excluding carboxylic acids is 2. The summed E-state index contributed by atoms with van der Waals surface area (Å²) in [5.74, 6) is 0.234. The van der Waals surface area contributed by atoms with E-state index in [1.807, 2.05) is 4.90 Å². The van der Waals surface area contributed by atoms with Crippen LogP contribution < -0.4 is 0 Å². The van der Waals surface area contributed by atoms with Gasteiger partial charge in [0, 0.05) is 51.8 Å². The molecule has 3 heterocycles. The Morgan fingerprint density at radius 2 is 1.90 bits per heavy atom. The van der Waals surface area contributed by atoms with Crippen LogP contribution in [0, 0.1) is 0 Å². The number of nitrogens with zero attached hydrogens (tertiary/aromatic N) is 3. The third-order valence-electron chi connectivity index (χ3n) is 6.72. The summed E-state index contributed by atoms with van der Waals surface area (Å²) in [7, 11) is 1.67. The van der Waals surface area contributed by atoms with Crippen LogP contribution in [0.25, 0.3) is 0 Å². The summed E-state index contributed by atoms with van der Waals surface area (Å²) in [5, 5.41) is 11.3. The van der Waals surface area contributed by atoms with Crippen LogP contribution in [-0.4, -0.2) is 103 Å². The zero-order valence-electron chi connectivity index (χ0n) is 18.0. The summed E-state index contributed by atoms with van der Waals surface area (Å²) in [6.45, 7) is 5.98. The van der Waals surface area contributed by atoms with Crippen LogP contribution in [0.3, 0.4) is 0 Å². The highest BCUT2D eigenvalue weighted by molar-refractivity contribution is 5.77. The Hall–Kier alpha value is -1.38. The van der Waals surface area contributed by atoms with Gasteiger partial charge in [0.25, 0.3) is 0 Å². The largest absolute Gasteiger partial charge is 0.450 e. The second-order valence-electron chi connectivity index (χ2n) is 8.63. The standard InChI is InChI=1S/C21H37N3O5/c1-3-29-20(26)22-12-9-21(27,10-13-22)16-23-11-5-7-18-17(23)6-4-8-19(25)24(18)14-15-28-2/h17-18,27H,3-16H2,1-2H3/t17-,18-/m1/s1. The van der Waals surface area contributed by atoms with Crippen molar-refractivity contribution in [1.82, 2.24) is 14.7 Å². The molecule has 2 atom stereocenters. The van der Waals surface area contributed by atoms with Crippen LogP contribution in [-0.2, 0) is 14.3 Å². The SMILES string of the molecule is CCOC(=O)N1CCC(O)(CN2CCC[C@@H]3[C@H]2CCCC(=O)N3CCOC)CC1. The van der Waals surface area contributed by atoms with Crippen molar-refractivity contribution in [1.29, 1.82) is 0 Å². The molecule has 0 aliphatic carbocycles. The molecular formula is C21H37N3O5. The van der Waals surface area contributed by atoms with E-state index >= 15 is 0 Å². The molecule has 0 radical (unpaired) electrons. The van der Waals surface area contributed by atoms with Gasteiger partial charge in [0.2, 0.25) is 5.91 Å². The van der Waals surface area contributed by atoms with Gasteiger partial charge in [-0.25, -0.2) is 4.79 Å². The summed E-state index contributed by atoms with van der Waals surface area (Å²) in [4.78, 5) is 30.7. The Bertz CT molecular complexity index is 565. The van der Waals surface area contributed by atoms with Crippen molar-refractivity contribution in [3.05, 3.63) is 0 Å². The van der Waals surface area contributed by atoms with E-state index in [0.717, 1.165) is 32.2 Å². The number of β-amino-alcohol motifs (C(OH)–C–C–N with tert-alkyl or cyclic N) is 1. The number of hydrogen-bond donors (Lipinski definition) is 1. The van der Waals surface area contributed by atoms with Crippen LogP contribution >= 0.6 is 0 Å². The number of aliphatic hydroxyl groups is 1. The van der Waals surface area contributed by atoms with E-state index in [1.165, 1.54) is 0 Å². The van der Waals surface area contributed by atoms with Crippen molar-refractivity contribution in [2.45, 2.75) is 69.6 Å². The molecule has 0 aromatic rings. The van der Waals surface area contributed by atoms with E-state index in [1.54, 1.807) is 18.9 Å². The number of carbonyl (C=O) groups is 2. The van der Waals surface area contributed by atoms with Gasteiger partial charge >= 0.3 is 6.09 Å². The molecular weight excluding hydrogens is 374 g/mol. The zero-order chi connectivity index (χ0) is 20.9. The molecule has 0 unspecified atom stereocenters. The van der Waals surface area contributed by atoms with Crippen LogP contribution in [0.1, 0.15) is 51.9 Å². The van der Waals surface area contributed by atoms with E-state index in [2.05, 4.69) is 4.90 Å². The quantitative estimate of drug-likeness (QED) is 0.713. The number of piperidine rings is 2. The third kappa shape index (κ3) is 5.41. The first-order chi connectivity index (χ1) is 14.0. The average molecular weight is 412 g/mol. The maximum absolute atomic E-state index is 12.6. The summed E-state index contributed by atoms with van der Waals surface area (Å²) >= 11 is 0. The van der Waals surface area contributed by atoms with Crippen LogP contribution in [0.4, 0.5) is 4.79 Å². The Labute approximate surface area is 174 Å². The second kappa shape index (κ2) is 10.1. The van der Waals surface area contributed by atoms with Crippen LogP contribution in [0.5, 0.6) is 0 Å². The first kappa shape index (κ1) is 22.3. The summed E-state index contributed by atoms with van der Waals surface area (Å²) < 4.78 is 10.3. The first-order valence-corrected chi connectivity index (χ1v) is 11.1. The minimum atomic E-state index is -0.793. The van der Waals surface area contributed by atoms with Gasteiger partial charge in [-0.15, -0.1) is 0 Å². The van der Waals surface area contributed by atoms with Gasteiger partial charge in [-0.1, -0.05) is 0 Å². The highest BCUT2D eigenvalue weighted by Gasteiger charge is 2.43. The fourth-order valence-electron chi connectivity index (χ4n) is 5.17. The van der Waals surface area contributed by atoms with Gasteiger partial charge in [-0.3, -0.25) is 9.69 Å². The van der Waals surface area contributed by atoms with Crippen molar-refractivity contribution < 1.29 is 24.2 Å². The molecule has 3 fully saturated rings. The summed E-state index contributed by atoms with van der Waals surface area (Å²) in [6, 6.07) is 0.497. The molecule has 0 aromatic carbocycles. The number of hydrogen-bond acceptors (Lipinski definition) is 6. The Kier molecular flexibility index (Phi) is 7.76. The first-order valence-electron chi connectivity index (χ1n) is 11.1. The van der Waals surface area contributed by atoms with Gasteiger partial charge in [-0.2, -0.15) is 0 Å². The molecule has 3 aliphatic rings. The molecule has 0 bridgehead atoms. The van der Waals surface area contributed by atoms with Crippen LogP contribution in [0.2, 0.25) is 0 Å². The lowest BCUT2D eigenvalue weighted by Gasteiger charge is -2.48. The van der Waals surface area contributed by atoms with Crippen LogP contribution in [0.15, 0.2) is 0 Å². The maximum atomic E-state index is 12.6. The molecule has 2 amide bonds. The Balaban J connectivity index is 1.63. The number of ether oxygens (including phenoxy) is 2. The smallest absolute Gasteiger partial charge is 0.409 e. The van der Waals surface area contributed by atoms with E-state index in [-0.39, 0.29) is 18.0 Å². The molecule has 0 aromatic heterocycles. The third-order valence-corrected chi connectivity index (χ3v) is 6.72. The van der Waals surface area contributed by atoms with E-state index < -0.39 is 5.60 Å². The monoisotopic (exact) mass is 411 g/mol. The topological polar surface area (TPSA) is 82.5 Å². The predicted octanol–water partition coefficient (Wildman–Crippen LogP) is 1.46. The summed E-state index contributed by atoms with van der Waals surface area (Å²) in [5.41, 5.74) is -0.793. The van der Waals surface area contributed by atoms with Gasteiger partial charge in [0.05, 0.1) is 18.8 Å². The van der Waals surface area contributed by atoms with Gasteiger partial charge in [0.15, 0.2) is 0 Å². The molecule has 1 N–H and O–H groups in total. The molecule has 3 saturated heterocycles. The van der Waals surface area contributed by atoms with E-state index in [4.69, 9.17) is 9.47 Å². The summed E-state index contributed by atoms with van der Waals surface area (Å²) in [6.07, 6.45) is 5.37. The lowest BCUT2D eigenvalue weighted by atomic mass is 9.87. The van der Waals surface area contributed by atoms with Gasteiger partial charge in [0.1, 0.15) is 0 Å². The number of amides is 2. The average Bonchev–Trinajstić information content (AvgIpc) is 2.86. The minimum Gasteiger partial charge on any atom is -0.450 e. The van der Waals surface area contributed by atoms with Crippen molar-refractivity contribution >= 4 is 12.0 Å². The fourth-order valence-corrected chi connectivity index (χ4v) is 5.17. The molecule has 166 valence electrons. The predicted molar refractivity (Wildman–Crippen MR) is 109 cm³/mol. The number of rotatable bonds is 6. The van der Waals surface area contributed by atoms with E-state index in [9.17, 15) is 14.7 Å². The fraction of sp³-hybridized carbons (Fsp3) is 0.905. The van der Waals surface area contributed by atoms with Gasteiger partial charge < -0.3 is 24.4 Å². The lowest BCUT2D eigenvalue weighted by Crippen LogP contribution is -2.60. The molecule has 3 rings (SSSR count). The van der Waals surface area contributed by atoms with Gasteiger partial charge in [-0.05, 0) is 52.0 Å². The number of fused-ring (bicyclic) bond motifs is 1. The Morgan fingerprint density at radius 1 is 1.17 bits per heavy atom. The molecule has 8 heteroatoms.